The van der Waals surface area contributed by atoms with Crippen LogP contribution < -0.4 is 9.46 Å². The van der Waals surface area contributed by atoms with Gasteiger partial charge in [0.15, 0.2) is 0 Å². The smallest absolute Gasteiger partial charge is 0.433 e. The average molecular weight is 420 g/mol. The van der Waals surface area contributed by atoms with Crippen molar-refractivity contribution in [1.82, 2.24) is 9.71 Å². The first-order valence-corrected chi connectivity index (χ1v) is 9.20. The van der Waals surface area contributed by atoms with Gasteiger partial charge in [-0.1, -0.05) is 12.1 Å². The number of sulfonamides is 1. The molecule has 2 rings (SSSR count). The molecule has 2 aromatic rings. The number of pyridine rings is 1. The van der Waals surface area contributed by atoms with E-state index in [1.165, 1.54) is 24.3 Å². The average Bonchev–Trinajstić information content (AvgIpc) is 2.59. The normalized spacial score (nSPS) is 11.0. The summed E-state index contributed by atoms with van der Waals surface area (Å²) in [6.45, 7) is -0.207. The summed E-state index contributed by atoms with van der Waals surface area (Å²) in [7, 11) is -3.65. The minimum Gasteiger partial charge on any atom is -0.487 e. The Bertz CT molecular complexity index is 897. The molecule has 0 saturated heterocycles. The fourth-order valence-electron chi connectivity index (χ4n) is 1.78. The van der Waals surface area contributed by atoms with Crippen LogP contribution in [0.4, 0.5) is 13.2 Å². The number of nitrogens with one attached hydrogen (secondary N) is 1. The third-order valence-corrected chi connectivity index (χ3v) is 3.48. The summed E-state index contributed by atoms with van der Waals surface area (Å²) < 4.78 is 66.4. The van der Waals surface area contributed by atoms with E-state index in [-0.39, 0.29) is 24.4 Å². The van der Waals surface area contributed by atoms with E-state index in [2.05, 4.69) is 4.98 Å². The Kier molecular flexibility index (Phi) is 7.92. The summed E-state index contributed by atoms with van der Waals surface area (Å²) >= 11 is 0. The highest BCUT2D eigenvalue weighted by Gasteiger charge is 2.32. The third-order valence-electron chi connectivity index (χ3n) is 2.93. The predicted molar refractivity (Wildman–Crippen MR) is 91.0 cm³/mol. The van der Waals surface area contributed by atoms with Crippen LogP contribution in [0.2, 0.25) is 0 Å². The molecule has 0 spiro atoms. The number of carboxylic acid groups (broad SMARTS) is 1. The molecule has 28 heavy (non-hydrogen) atoms. The number of carbonyl (C=O) groups excluding carboxylic acids is 1. The molecule has 1 aromatic heterocycles. The van der Waals surface area contributed by atoms with Crippen molar-refractivity contribution in [3.8, 4) is 5.75 Å². The van der Waals surface area contributed by atoms with Crippen LogP contribution in [-0.4, -0.2) is 37.1 Å². The number of ether oxygens (including phenoxy) is 1. The van der Waals surface area contributed by atoms with Crippen molar-refractivity contribution in [2.75, 3.05) is 6.26 Å². The van der Waals surface area contributed by atoms with Gasteiger partial charge in [-0.25, -0.2) is 18.1 Å². The largest absolute Gasteiger partial charge is 0.487 e. The monoisotopic (exact) mass is 420 g/mol. The van der Waals surface area contributed by atoms with Crippen molar-refractivity contribution in [2.24, 2.45) is 0 Å². The van der Waals surface area contributed by atoms with E-state index in [4.69, 9.17) is 14.6 Å². The van der Waals surface area contributed by atoms with Gasteiger partial charge in [0.1, 0.15) is 18.1 Å². The number of halogens is 3. The molecule has 1 heterocycles. The lowest BCUT2D eigenvalue weighted by atomic mass is 10.1. The van der Waals surface area contributed by atoms with Crippen LogP contribution in [0.5, 0.6) is 5.75 Å². The minimum atomic E-state index is -4.51. The van der Waals surface area contributed by atoms with Crippen LogP contribution in [0, 0.1) is 0 Å². The maximum atomic E-state index is 12.4. The summed E-state index contributed by atoms with van der Waals surface area (Å²) in [6, 6.07) is 7.86. The molecule has 0 saturated carbocycles. The SMILES string of the molecule is CS(=O)(=O)NC(=O)c1ccc(COc2ccc(C(F)(F)F)nc2)cc1.O=CO. The molecule has 12 heteroatoms. The zero-order valence-corrected chi connectivity index (χ0v) is 15.1. The van der Waals surface area contributed by atoms with Crippen LogP contribution in [0.3, 0.4) is 0 Å². The van der Waals surface area contributed by atoms with E-state index in [0.29, 0.717) is 5.56 Å². The summed E-state index contributed by atoms with van der Waals surface area (Å²) in [5, 5.41) is 6.89. The molecule has 8 nitrogen and oxygen atoms in total. The lowest BCUT2D eigenvalue weighted by Gasteiger charge is -2.09. The highest BCUT2D eigenvalue weighted by Crippen LogP contribution is 2.28. The number of amides is 1. The van der Waals surface area contributed by atoms with E-state index < -0.39 is 27.8 Å². The fourth-order valence-corrected chi connectivity index (χ4v) is 2.23. The molecule has 0 aliphatic carbocycles. The Morgan fingerprint density at radius 2 is 1.79 bits per heavy atom. The van der Waals surface area contributed by atoms with Crippen molar-refractivity contribution in [2.45, 2.75) is 12.8 Å². The Balaban J connectivity index is 0.00000122. The van der Waals surface area contributed by atoms with E-state index in [0.717, 1.165) is 24.6 Å². The molecule has 152 valence electrons. The number of aromatic nitrogens is 1. The Morgan fingerprint density at radius 1 is 1.21 bits per heavy atom. The van der Waals surface area contributed by atoms with Crippen molar-refractivity contribution >= 4 is 22.4 Å². The van der Waals surface area contributed by atoms with Crippen molar-refractivity contribution in [3.05, 3.63) is 59.4 Å². The maximum Gasteiger partial charge on any atom is 0.433 e. The summed E-state index contributed by atoms with van der Waals surface area (Å²) in [5.74, 6) is -0.603. The molecule has 0 fully saturated rings. The van der Waals surface area contributed by atoms with Crippen LogP contribution in [0.15, 0.2) is 42.6 Å². The Morgan fingerprint density at radius 3 is 2.21 bits per heavy atom. The van der Waals surface area contributed by atoms with Crippen molar-refractivity contribution in [3.63, 3.8) is 0 Å². The highest BCUT2D eigenvalue weighted by molar-refractivity contribution is 7.89. The molecule has 0 atom stereocenters. The number of benzene rings is 1. The number of alkyl halides is 3. The highest BCUT2D eigenvalue weighted by atomic mass is 32.2. The van der Waals surface area contributed by atoms with Crippen LogP contribution in [0.25, 0.3) is 0 Å². The zero-order valence-electron chi connectivity index (χ0n) is 14.3. The molecular formula is C16H15F3N2O6S. The second-order valence-corrected chi connectivity index (χ2v) is 6.92. The molecule has 1 amide bonds. The fraction of sp³-hybridized carbons (Fsp3) is 0.188. The zero-order chi connectivity index (χ0) is 21.4. The number of carbonyl (C=O) groups is 2. The van der Waals surface area contributed by atoms with Crippen LogP contribution >= 0.6 is 0 Å². The number of hydrogen-bond acceptors (Lipinski definition) is 6. The molecule has 0 radical (unpaired) electrons. The van der Waals surface area contributed by atoms with Crippen molar-refractivity contribution in [1.29, 1.82) is 0 Å². The second kappa shape index (κ2) is 9.69. The third kappa shape index (κ3) is 8.03. The van der Waals surface area contributed by atoms with Gasteiger partial charge >= 0.3 is 6.18 Å². The number of hydrogen-bond donors (Lipinski definition) is 2. The van der Waals surface area contributed by atoms with E-state index >= 15 is 0 Å². The topological polar surface area (TPSA) is 123 Å². The Hall–Kier alpha value is -3.15. The van der Waals surface area contributed by atoms with Gasteiger partial charge in [-0.2, -0.15) is 13.2 Å². The van der Waals surface area contributed by atoms with Gasteiger partial charge in [0.2, 0.25) is 10.0 Å². The van der Waals surface area contributed by atoms with E-state index in [1.54, 1.807) is 0 Å². The van der Waals surface area contributed by atoms with Gasteiger partial charge in [-0.05, 0) is 29.8 Å². The van der Waals surface area contributed by atoms with Gasteiger partial charge in [0, 0.05) is 5.56 Å². The molecule has 0 bridgehead atoms. The van der Waals surface area contributed by atoms with Crippen LogP contribution in [0.1, 0.15) is 21.6 Å². The van der Waals surface area contributed by atoms with Crippen LogP contribution in [-0.2, 0) is 27.6 Å². The maximum absolute atomic E-state index is 12.4. The summed E-state index contributed by atoms with van der Waals surface area (Å²) in [5.41, 5.74) is -0.234. The lowest BCUT2D eigenvalue weighted by Crippen LogP contribution is -2.29. The molecule has 0 aliphatic heterocycles. The quantitative estimate of drug-likeness (QED) is 0.710. The molecular weight excluding hydrogens is 405 g/mol. The second-order valence-electron chi connectivity index (χ2n) is 5.17. The molecule has 0 aliphatic rings. The number of nitrogens with zero attached hydrogens (tertiary/aromatic N) is 1. The first-order chi connectivity index (χ1) is 13.0. The first kappa shape index (κ1) is 22.9. The van der Waals surface area contributed by atoms with Gasteiger partial charge in [0.05, 0.1) is 12.5 Å². The van der Waals surface area contributed by atoms with Gasteiger partial charge in [-0.15, -0.1) is 0 Å². The van der Waals surface area contributed by atoms with Gasteiger partial charge in [-0.3, -0.25) is 9.59 Å². The molecule has 1 aromatic carbocycles. The van der Waals surface area contributed by atoms with Gasteiger partial charge in [0.25, 0.3) is 12.4 Å². The Labute approximate surface area is 158 Å². The van der Waals surface area contributed by atoms with Gasteiger partial charge < -0.3 is 9.84 Å². The van der Waals surface area contributed by atoms with E-state index in [1.807, 2.05) is 4.72 Å². The first-order valence-electron chi connectivity index (χ1n) is 7.31. The molecule has 0 unspecified atom stereocenters. The minimum absolute atomic E-state index is 0.0427. The summed E-state index contributed by atoms with van der Waals surface area (Å²) in [4.78, 5) is 23.3. The number of rotatable bonds is 5. The van der Waals surface area contributed by atoms with E-state index in [9.17, 15) is 26.4 Å². The van der Waals surface area contributed by atoms with Crippen molar-refractivity contribution < 1.29 is 41.0 Å². The predicted octanol–water partition coefficient (Wildman–Crippen LogP) is 2.07. The lowest BCUT2D eigenvalue weighted by molar-refractivity contribution is -0.141. The molecule has 2 N–H and O–H groups in total. The standard InChI is InChI=1S/C15H13F3N2O4S.CH2O2/c1-25(22,23)20-14(21)11-4-2-10(3-5-11)9-24-12-6-7-13(19-8-12)15(16,17)18;2-1-3/h2-8H,9H2,1H3,(H,20,21);1H,(H,2,3). The summed E-state index contributed by atoms with van der Waals surface area (Å²) in [6.07, 6.45) is -2.68.